The lowest BCUT2D eigenvalue weighted by Gasteiger charge is -2.09. The number of esters is 1. The van der Waals surface area contributed by atoms with E-state index in [4.69, 9.17) is 14.2 Å². The molecule has 2 aromatic rings. The fraction of sp³-hybridized carbons (Fsp3) is 0.350. The van der Waals surface area contributed by atoms with E-state index in [0.717, 1.165) is 18.4 Å². The molecule has 0 radical (unpaired) electrons. The molecule has 0 saturated carbocycles. The van der Waals surface area contributed by atoms with Gasteiger partial charge in [0.2, 0.25) is 0 Å². The molecule has 24 heavy (non-hydrogen) atoms. The minimum Gasteiger partial charge on any atom is -0.493 e. The molecule has 2 rings (SSSR count). The van der Waals surface area contributed by atoms with Crippen LogP contribution in [0.25, 0.3) is 0 Å². The second kappa shape index (κ2) is 8.96. The summed E-state index contributed by atoms with van der Waals surface area (Å²) in [5.41, 5.74) is 2.26. The Kier molecular flexibility index (Phi) is 6.67. The molecule has 0 fully saturated rings. The van der Waals surface area contributed by atoms with Gasteiger partial charge in [-0.1, -0.05) is 31.5 Å². The first kappa shape index (κ1) is 17.9. The summed E-state index contributed by atoms with van der Waals surface area (Å²) in [5, 5.41) is 0. The first-order valence-electron chi connectivity index (χ1n) is 8.16. The molecular weight excluding hydrogens is 304 g/mol. The van der Waals surface area contributed by atoms with Crippen molar-refractivity contribution in [2.75, 3.05) is 14.2 Å². The predicted octanol–water partition coefficient (Wildman–Crippen LogP) is 4.19. The summed E-state index contributed by atoms with van der Waals surface area (Å²) >= 11 is 0. The average molecular weight is 328 g/mol. The summed E-state index contributed by atoms with van der Waals surface area (Å²) in [7, 11) is 3.19. The van der Waals surface area contributed by atoms with Crippen LogP contribution in [0.3, 0.4) is 0 Å². The quantitative estimate of drug-likeness (QED) is 0.538. The topological polar surface area (TPSA) is 44.8 Å². The van der Waals surface area contributed by atoms with E-state index in [1.54, 1.807) is 14.2 Å². The first-order valence-corrected chi connectivity index (χ1v) is 8.16. The maximum absolute atomic E-state index is 12.0. The van der Waals surface area contributed by atoms with Crippen molar-refractivity contribution in [3.63, 3.8) is 0 Å². The Labute approximate surface area is 143 Å². The van der Waals surface area contributed by atoms with Gasteiger partial charge < -0.3 is 14.2 Å². The Hall–Kier alpha value is -2.49. The van der Waals surface area contributed by atoms with E-state index in [0.29, 0.717) is 30.1 Å². The van der Waals surface area contributed by atoms with Gasteiger partial charge in [0.15, 0.2) is 11.5 Å². The molecule has 0 spiro atoms. The van der Waals surface area contributed by atoms with Gasteiger partial charge in [0.1, 0.15) is 5.75 Å². The largest absolute Gasteiger partial charge is 0.493 e. The number of carbonyl (C=O) groups excluding carboxylic acids is 1. The number of carbonyl (C=O) groups is 1. The number of benzene rings is 2. The third-order valence-electron chi connectivity index (χ3n) is 3.76. The van der Waals surface area contributed by atoms with Crippen LogP contribution in [0.5, 0.6) is 17.2 Å². The van der Waals surface area contributed by atoms with E-state index < -0.39 is 0 Å². The molecule has 0 atom stereocenters. The zero-order valence-electron chi connectivity index (χ0n) is 14.5. The summed E-state index contributed by atoms with van der Waals surface area (Å²) in [6, 6.07) is 13.3. The van der Waals surface area contributed by atoms with Crippen molar-refractivity contribution in [3.05, 3.63) is 53.6 Å². The normalized spacial score (nSPS) is 10.3. The third kappa shape index (κ3) is 5.01. The van der Waals surface area contributed by atoms with Crippen LogP contribution in [0.15, 0.2) is 42.5 Å². The van der Waals surface area contributed by atoms with E-state index in [1.807, 2.05) is 42.5 Å². The van der Waals surface area contributed by atoms with E-state index >= 15 is 0 Å². The van der Waals surface area contributed by atoms with Gasteiger partial charge in [-0.25, -0.2) is 0 Å². The summed E-state index contributed by atoms with van der Waals surface area (Å²) < 4.78 is 15.9. The Bertz CT molecular complexity index is 662. The Balaban J connectivity index is 1.88. The van der Waals surface area contributed by atoms with Crippen LogP contribution in [0.2, 0.25) is 0 Å². The highest BCUT2D eigenvalue weighted by Gasteiger charge is 2.08. The van der Waals surface area contributed by atoms with Gasteiger partial charge in [-0.05, 0) is 48.2 Å². The number of methoxy groups -OCH3 is 2. The Morgan fingerprint density at radius 2 is 1.54 bits per heavy atom. The number of hydrogen-bond acceptors (Lipinski definition) is 4. The first-order chi connectivity index (χ1) is 11.7. The maximum atomic E-state index is 12.0. The summed E-state index contributed by atoms with van der Waals surface area (Å²) in [4.78, 5) is 12.0. The van der Waals surface area contributed by atoms with Crippen LogP contribution in [0.1, 0.15) is 30.9 Å². The highest BCUT2D eigenvalue weighted by atomic mass is 16.5. The maximum Gasteiger partial charge on any atom is 0.311 e. The summed E-state index contributed by atoms with van der Waals surface area (Å²) in [6.07, 6.45) is 3.04. The minimum absolute atomic E-state index is 0.243. The van der Waals surface area contributed by atoms with Crippen molar-refractivity contribution in [1.29, 1.82) is 0 Å². The Morgan fingerprint density at radius 3 is 2.17 bits per heavy atom. The summed E-state index contributed by atoms with van der Waals surface area (Å²) in [5.74, 6) is 1.69. The zero-order valence-corrected chi connectivity index (χ0v) is 14.5. The fourth-order valence-corrected chi connectivity index (χ4v) is 2.48. The molecule has 128 valence electrons. The van der Waals surface area contributed by atoms with E-state index in [1.165, 1.54) is 5.56 Å². The van der Waals surface area contributed by atoms with Crippen molar-refractivity contribution in [2.45, 2.75) is 32.6 Å². The Morgan fingerprint density at radius 1 is 0.875 bits per heavy atom. The lowest BCUT2D eigenvalue weighted by Crippen LogP contribution is -2.09. The van der Waals surface area contributed by atoms with Crippen LogP contribution in [-0.4, -0.2) is 20.2 Å². The third-order valence-corrected chi connectivity index (χ3v) is 3.76. The van der Waals surface area contributed by atoms with Crippen LogP contribution < -0.4 is 14.2 Å². The number of ether oxygens (including phenoxy) is 3. The lowest BCUT2D eigenvalue weighted by molar-refractivity contribution is -0.134. The van der Waals surface area contributed by atoms with E-state index in [9.17, 15) is 4.79 Å². The number of aryl methyl sites for hydroxylation is 2. The van der Waals surface area contributed by atoms with Gasteiger partial charge in [-0.15, -0.1) is 0 Å². The zero-order chi connectivity index (χ0) is 17.4. The van der Waals surface area contributed by atoms with Crippen LogP contribution in [0, 0.1) is 0 Å². The second-order valence-electron chi connectivity index (χ2n) is 5.56. The molecule has 2 aromatic carbocycles. The molecule has 0 saturated heterocycles. The smallest absolute Gasteiger partial charge is 0.311 e. The standard InChI is InChI=1S/C20H24O4/c1-4-5-15-6-10-17(11-7-15)24-20(21)13-9-16-8-12-18(22-2)19(14-16)23-3/h6-8,10-12,14H,4-5,9,13H2,1-3H3. The molecule has 0 aromatic heterocycles. The lowest BCUT2D eigenvalue weighted by atomic mass is 10.1. The van der Waals surface area contributed by atoms with Crippen molar-refractivity contribution in [2.24, 2.45) is 0 Å². The van der Waals surface area contributed by atoms with E-state index in [-0.39, 0.29) is 5.97 Å². The van der Waals surface area contributed by atoms with Crippen LogP contribution >= 0.6 is 0 Å². The molecule has 0 aliphatic rings. The monoisotopic (exact) mass is 328 g/mol. The molecule has 0 heterocycles. The molecular formula is C20H24O4. The number of rotatable bonds is 8. The molecule has 0 amide bonds. The summed E-state index contributed by atoms with van der Waals surface area (Å²) in [6.45, 7) is 2.14. The van der Waals surface area contributed by atoms with Gasteiger partial charge in [0, 0.05) is 6.42 Å². The molecule has 4 heteroatoms. The number of hydrogen-bond donors (Lipinski definition) is 0. The van der Waals surface area contributed by atoms with Gasteiger partial charge in [-0.3, -0.25) is 4.79 Å². The van der Waals surface area contributed by atoms with Crippen LogP contribution in [0.4, 0.5) is 0 Å². The fourth-order valence-electron chi connectivity index (χ4n) is 2.48. The average Bonchev–Trinajstić information content (AvgIpc) is 2.61. The van der Waals surface area contributed by atoms with Crippen LogP contribution in [-0.2, 0) is 17.6 Å². The molecule has 0 unspecified atom stereocenters. The van der Waals surface area contributed by atoms with Gasteiger partial charge >= 0.3 is 5.97 Å². The van der Waals surface area contributed by atoms with Gasteiger partial charge in [0.25, 0.3) is 0 Å². The molecule has 0 bridgehead atoms. The minimum atomic E-state index is -0.243. The van der Waals surface area contributed by atoms with Gasteiger partial charge in [-0.2, -0.15) is 0 Å². The van der Waals surface area contributed by atoms with Crippen molar-refractivity contribution < 1.29 is 19.0 Å². The van der Waals surface area contributed by atoms with Gasteiger partial charge in [0.05, 0.1) is 14.2 Å². The molecule has 0 aliphatic heterocycles. The molecule has 4 nitrogen and oxygen atoms in total. The SMILES string of the molecule is CCCc1ccc(OC(=O)CCc2ccc(OC)c(OC)c2)cc1. The highest BCUT2D eigenvalue weighted by molar-refractivity contribution is 5.72. The molecule has 0 aliphatic carbocycles. The van der Waals surface area contributed by atoms with Crippen molar-refractivity contribution in [3.8, 4) is 17.2 Å². The van der Waals surface area contributed by atoms with Crippen molar-refractivity contribution in [1.82, 2.24) is 0 Å². The van der Waals surface area contributed by atoms with Crippen molar-refractivity contribution >= 4 is 5.97 Å². The second-order valence-corrected chi connectivity index (χ2v) is 5.56. The highest BCUT2D eigenvalue weighted by Crippen LogP contribution is 2.28. The van der Waals surface area contributed by atoms with E-state index in [2.05, 4.69) is 6.92 Å². The predicted molar refractivity (Wildman–Crippen MR) is 93.9 cm³/mol. The molecule has 0 N–H and O–H groups in total.